The van der Waals surface area contributed by atoms with Crippen LogP contribution in [0.5, 0.6) is 0 Å². The zero-order valence-electron chi connectivity index (χ0n) is 9.76. The molecule has 0 spiro atoms. The second-order valence-electron chi connectivity index (χ2n) is 4.76. The van der Waals surface area contributed by atoms with Gasteiger partial charge in [-0.2, -0.15) is 13.2 Å². The van der Waals surface area contributed by atoms with Crippen LogP contribution in [0.4, 0.5) is 13.2 Å². The normalized spacial score (nSPS) is 31.1. The highest BCUT2D eigenvalue weighted by Crippen LogP contribution is 2.32. The minimum Gasteiger partial charge on any atom is -0.364 e. The van der Waals surface area contributed by atoms with E-state index in [2.05, 4.69) is 0 Å². The molecule has 0 aromatic rings. The Bertz CT molecular complexity index is 218. The van der Waals surface area contributed by atoms with E-state index in [1.165, 1.54) is 6.92 Å². The third kappa shape index (κ3) is 3.63. The number of rotatable bonds is 3. The average molecular weight is 239 g/mol. The molecule has 0 aromatic heterocycles. The Balaban J connectivity index is 2.60. The monoisotopic (exact) mass is 239 g/mol. The summed E-state index contributed by atoms with van der Waals surface area (Å²) in [4.78, 5) is 0. The van der Waals surface area contributed by atoms with Crippen LogP contribution < -0.4 is 5.73 Å². The highest BCUT2D eigenvalue weighted by molar-refractivity contribution is 4.81. The zero-order valence-corrected chi connectivity index (χ0v) is 9.76. The number of ether oxygens (including phenoxy) is 1. The molecule has 16 heavy (non-hydrogen) atoms. The lowest BCUT2D eigenvalue weighted by Crippen LogP contribution is -2.48. The summed E-state index contributed by atoms with van der Waals surface area (Å²) < 4.78 is 43.1. The Morgan fingerprint density at radius 2 is 1.81 bits per heavy atom. The van der Waals surface area contributed by atoms with Crippen molar-refractivity contribution in [2.75, 3.05) is 0 Å². The van der Waals surface area contributed by atoms with E-state index in [0.717, 1.165) is 19.3 Å². The molecule has 0 amide bonds. The molecule has 0 aromatic carbocycles. The van der Waals surface area contributed by atoms with Crippen LogP contribution in [0.1, 0.15) is 39.5 Å². The van der Waals surface area contributed by atoms with E-state index in [-0.39, 0.29) is 12.0 Å². The average Bonchev–Trinajstić information content (AvgIpc) is 2.14. The lowest BCUT2D eigenvalue weighted by molar-refractivity contribution is -0.244. The van der Waals surface area contributed by atoms with Gasteiger partial charge in [0.05, 0.1) is 6.10 Å². The minimum atomic E-state index is -4.37. The maximum absolute atomic E-state index is 12.6. The van der Waals surface area contributed by atoms with Gasteiger partial charge in [0, 0.05) is 6.04 Å². The lowest BCUT2D eigenvalue weighted by atomic mass is 9.88. The number of hydrogen-bond donors (Lipinski definition) is 1. The van der Waals surface area contributed by atoms with Crippen LogP contribution in [0.15, 0.2) is 0 Å². The van der Waals surface area contributed by atoms with E-state index in [9.17, 15) is 13.2 Å². The fourth-order valence-electron chi connectivity index (χ4n) is 2.17. The van der Waals surface area contributed by atoms with Gasteiger partial charge >= 0.3 is 6.18 Å². The van der Waals surface area contributed by atoms with Crippen LogP contribution in [0, 0.1) is 5.92 Å². The molecule has 1 rings (SSSR count). The van der Waals surface area contributed by atoms with E-state index in [1.54, 1.807) is 0 Å². The van der Waals surface area contributed by atoms with Crippen molar-refractivity contribution in [2.45, 2.75) is 64.0 Å². The fourth-order valence-corrected chi connectivity index (χ4v) is 2.17. The van der Waals surface area contributed by atoms with Gasteiger partial charge in [-0.05, 0) is 25.7 Å². The maximum Gasteiger partial charge on any atom is 0.416 e. The van der Waals surface area contributed by atoms with E-state index in [0.29, 0.717) is 6.42 Å². The van der Waals surface area contributed by atoms with Crippen LogP contribution in [0.2, 0.25) is 0 Å². The van der Waals surface area contributed by atoms with Crippen molar-refractivity contribution in [1.29, 1.82) is 0 Å². The first-order chi connectivity index (χ1) is 7.32. The van der Waals surface area contributed by atoms with E-state index in [4.69, 9.17) is 10.5 Å². The van der Waals surface area contributed by atoms with Gasteiger partial charge in [-0.15, -0.1) is 0 Å². The summed E-state index contributed by atoms with van der Waals surface area (Å²) in [6, 6.07) is -1.02. The molecular weight excluding hydrogens is 219 g/mol. The Labute approximate surface area is 94.3 Å². The minimum absolute atomic E-state index is 0.192. The van der Waals surface area contributed by atoms with E-state index >= 15 is 0 Å². The first-order valence-corrected chi connectivity index (χ1v) is 5.80. The van der Waals surface area contributed by atoms with Crippen molar-refractivity contribution in [2.24, 2.45) is 11.7 Å². The molecule has 1 aliphatic rings. The molecule has 4 atom stereocenters. The van der Waals surface area contributed by atoms with Crippen molar-refractivity contribution in [1.82, 2.24) is 0 Å². The number of hydrogen-bond acceptors (Lipinski definition) is 2. The molecule has 1 aliphatic carbocycles. The molecular formula is C11H20F3NO. The summed E-state index contributed by atoms with van der Waals surface area (Å²) in [5, 5.41) is 0. The van der Waals surface area contributed by atoms with Gasteiger partial charge in [0.25, 0.3) is 0 Å². The maximum atomic E-state index is 12.6. The van der Waals surface area contributed by atoms with Gasteiger partial charge in [0.2, 0.25) is 0 Å². The second-order valence-corrected chi connectivity index (χ2v) is 4.76. The SMILES string of the molecule is CC(N)C(OC1CCCCC1C)C(F)(F)F. The predicted octanol–water partition coefficient (Wildman–Crippen LogP) is 2.86. The van der Waals surface area contributed by atoms with E-state index < -0.39 is 18.3 Å². The number of alkyl halides is 3. The van der Waals surface area contributed by atoms with Crippen molar-refractivity contribution in [3.8, 4) is 0 Å². The summed E-state index contributed by atoms with van der Waals surface area (Å²) in [5.74, 6) is 0.192. The van der Waals surface area contributed by atoms with Gasteiger partial charge < -0.3 is 10.5 Å². The Hall–Kier alpha value is -0.290. The molecule has 0 radical (unpaired) electrons. The molecule has 0 aliphatic heterocycles. The Morgan fingerprint density at radius 3 is 2.25 bits per heavy atom. The molecule has 2 N–H and O–H groups in total. The van der Waals surface area contributed by atoms with Gasteiger partial charge in [0.1, 0.15) is 0 Å². The largest absolute Gasteiger partial charge is 0.416 e. The topological polar surface area (TPSA) is 35.2 Å². The van der Waals surface area contributed by atoms with Gasteiger partial charge in [0.15, 0.2) is 6.10 Å². The van der Waals surface area contributed by atoms with Crippen LogP contribution in [0.25, 0.3) is 0 Å². The van der Waals surface area contributed by atoms with Crippen molar-refractivity contribution in [3.63, 3.8) is 0 Å². The number of halogens is 3. The zero-order chi connectivity index (χ0) is 12.3. The summed E-state index contributed by atoms with van der Waals surface area (Å²) in [5.41, 5.74) is 5.34. The molecule has 4 unspecified atom stereocenters. The highest BCUT2D eigenvalue weighted by Gasteiger charge is 2.45. The standard InChI is InChI=1S/C11H20F3NO/c1-7-5-3-4-6-9(7)16-10(8(2)15)11(12,13)14/h7-10H,3-6,15H2,1-2H3. The summed E-state index contributed by atoms with van der Waals surface area (Å²) in [6.07, 6.45) is -2.83. The van der Waals surface area contributed by atoms with Crippen LogP contribution >= 0.6 is 0 Å². The van der Waals surface area contributed by atoms with Crippen molar-refractivity contribution < 1.29 is 17.9 Å². The molecule has 0 saturated heterocycles. The van der Waals surface area contributed by atoms with Crippen LogP contribution in [-0.4, -0.2) is 24.4 Å². The molecule has 1 fully saturated rings. The van der Waals surface area contributed by atoms with Crippen LogP contribution in [-0.2, 0) is 4.74 Å². The van der Waals surface area contributed by atoms with Gasteiger partial charge in [-0.25, -0.2) is 0 Å². The first kappa shape index (κ1) is 13.8. The number of nitrogens with two attached hydrogens (primary N) is 1. The van der Waals surface area contributed by atoms with Crippen molar-refractivity contribution in [3.05, 3.63) is 0 Å². The molecule has 0 bridgehead atoms. The lowest BCUT2D eigenvalue weighted by Gasteiger charge is -2.34. The van der Waals surface area contributed by atoms with Crippen LogP contribution in [0.3, 0.4) is 0 Å². The quantitative estimate of drug-likeness (QED) is 0.822. The molecule has 2 nitrogen and oxygen atoms in total. The van der Waals surface area contributed by atoms with Crippen molar-refractivity contribution >= 4 is 0 Å². The Morgan fingerprint density at radius 1 is 1.25 bits per heavy atom. The van der Waals surface area contributed by atoms with Gasteiger partial charge in [-0.3, -0.25) is 0 Å². The molecule has 1 saturated carbocycles. The predicted molar refractivity (Wildman–Crippen MR) is 56.0 cm³/mol. The first-order valence-electron chi connectivity index (χ1n) is 5.80. The van der Waals surface area contributed by atoms with E-state index in [1.807, 2.05) is 6.92 Å². The summed E-state index contributed by atoms with van der Waals surface area (Å²) >= 11 is 0. The molecule has 5 heteroatoms. The molecule has 96 valence electrons. The third-order valence-corrected chi connectivity index (χ3v) is 3.15. The fraction of sp³-hybridized carbons (Fsp3) is 1.00. The van der Waals surface area contributed by atoms with Gasteiger partial charge in [-0.1, -0.05) is 19.8 Å². The second kappa shape index (κ2) is 5.36. The summed E-state index contributed by atoms with van der Waals surface area (Å²) in [7, 11) is 0. The molecule has 0 heterocycles. The highest BCUT2D eigenvalue weighted by atomic mass is 19.4. The summed E-state index contributed by atoms with van der Waals surface area (Å²) in [6.45, 7) is 3.28. The smallest absolute Gasteiger partial charge is 0.364 e. The Kier molecular flexibility index (Phi) is 4.62. The third-order valence-electron chi connectivity index (χ3n) is 3.15.